The first-order valence-corrected chi connectivity index (χ1v) is 9.61. The van der Waals surface area contributed by atoms with E-state index in [0.29, 0.717) is 22.3 Å². The summed E-state index contributed by atoms with van der Waals surface area (Å²) in [5, 5.41) is 3.02. The van der Waals surface area contributed by atoms with Gasteiger partial charge in [0.1, 0.15) is 5.75 Å². The van der Waals surface area contributed by atoms with Gasteiger partial charge < -0.3 is 19.7 Å². The number of anilines is 1. The average molecular weight is 403 g/mol. The maximum Gasteiger partial charge on any atom is 0.358 e. The fraction of sp³-hybridized carbons (Fsp3) is 0.368. The van der Waals surface area contributed by atoms with Gasteiger partial charge in [0, 0.05) is 20.0 Å². The predicted molar refractivity (Wildman–Crippen MR) is 104 cm³/mol. The Bertz CT molecular complexity index is 893. The third-order valence-corrected chi connectivity index (χ3v) is 5.41. The number of aromatic nitrogens is 1. The highest BCUT2D eigenvalue weighted by molar-refractivity contribution is 7.19. The van der Waals surface area contributed by atoms with E-state index in [-0.39, 0.29) is 30.5 Å². The van der Waals surface area contributed by atoms with Crippen LogP contribution in [0.5, 0.6) is 5.75 Å². The normalized spacial score (nSPS) is 16.2. The van der Waals surface area contributed by atoms with Crippen LogP contribution in [0.15, 0.2) is 24.3 Å². The molecule has 0 saturated carbocycles. The molecule has 0 aliphatic carbocycles. The Morgan fingerprint density at radius 3 is 2.61 bits per heavy atom. The summed E-state index contributed by atoms with van der Waals surface area (Å²) >= 11 is 1.19. The average Bonchev–Trinajstić information content (AvgIpc) is 3.25. The summed E-state index contributed by atoms with van der Waals surface area (Å²) in [4.78, 5) is 42.9. The minimum absolute atomic E-state index is 0.0644. The number of thiazole rings is 1. The first-order chi connectivity index (χ1) is 13.4. The third kappa shape index (κ3) is 4.14. The molecule has 1 aliphatic heterocycles. The standard InChI is InChI=1S/C19H21N3O5S/c1-4-27-18(25)15-16(11-5-7-13(26-3)8-6-11)28-19(20-15)21-17(24)12-9-14(23)22(2)10-12/h5-8,12H,4,9-10H2,1-3H3,(H,20,21,24)/t12-/m1/s1. The fourth-order valence-electron chi connectivity index (χ4n) is 2.90. The van der Waals surface area contributed by atoms with Crippen LogP contribution in [0.25, 0.3) is 10.4 Å². The molecular weight excluding hydrogens is 382 g/mol. The van der Waals surface area contributed by atoms with Crippen molar-refractivity contribution in [1.29, 1.82) is 0 Å². The van der Waals surface area contributed by atoms with Crippen molar-refractivity contribution >= 4 is 34.3 Å². The summed E-state index contributed by atoms with van der Waals surface area (Å²) in [7, 11) is 3.24. The number of hydrogen-bond donors (Lipinski definition) is 1. The molecule has 3 rings (SSSR count). The van der Waals surface area contributed by atoms with Crippen LogP contribution in [0.2, 0.25) is 0 Å². The van der Waals surface area contributed by atoms with Crippen LogP contribution in [0.3, 0.4) is 0 Å². The minimum atomic E-state index is -0.555. The first kappa shape index (κ1) is 19.8. The lowest BCUT2D eigenvalue weighted by atomic mass is 10.1. The number of esters is 1. The zero-order valence-electron chi connectivity index (χ0n) is 15.9. The Labute approximate surface area is 166 Å². The molecule has 0 unspecified atom stereocenters. The minimum Gasteiger partial charge on any atom is -0.497 e. The number of benzene rings is 1. The van der Waals surface area contributed by atoms with E-state index in [4.69, 9.17) is 9.47 Å². The fourth-order valence-corrected chi connectivity index (χ4v) is 3.86. The van der Waals surface area contributed by atoms with Gasteiger partial charge in [-0.3, -0.25) is 9.59 Å². The van der Waals surface area contributed by atoms with Gasteiger partial charge in [0.25, 0.3) is 0 Å². The molecule has 0 spiro atoms. The van der Waals surface area contributed by atoms with E-state index in [9.17, 15) is 14.4 Å². The van der Waals surface area contributed by atoms with Crippen molar-refractivity contribution in [3.05, 3.63) is 30.0 Å². The second-order valence-corrected chi connectivity index (χ2v) is 7.31. The van der Waals surface area contributed by atoms with Gasteiger partial charge in [0.15, 0.2) is 10.8 Å². The molecule has 1 aromatic carbocycles. The van der Waals surface area contributed by atoms with Crippen LogP contribution in [-0.4, -0.2) is 55.0 Å². The van der Waals surface area contributed by atoms with Gasteiger partial charge in [0.2, 0.25) is 11.8 Å². The van der Waals surface area contributed by atoms with Gasteiger partial charge >= 0.3 is 5.97 Å². The summed E-state index contributed by atoms with van der Waals surface area (Å²) in [6.07, 6.45) is 0.170. The van der Waals surface area contributed by atoms with E-state index in [1.165, 1.54) is 16.2 Å². The lowest BCUT2D eigenvalue weighted by Gasteiger charge is -2.09. The third-order valence-electron chi connectivity index (χ3n) is 4.39. The quantitative estimate of drug-likeness (QED) is 0.744. The van der Waals surface area contributed by atoms with Crippen molar-refractivity contribution in [2.75, 3.05) is 32.6 Å². The maximum atomic E-state index is 12.5. The van der Waals surface area contributed by atoms with Crippen molar-refractivity contribution in [1.82, 2.24) is 9.88 Å². The van der Waals surface area contributed by atoms with Crippen LogP contribution in [-0.2, 0) is 14.3 Å². The highest BCUT2D eigenvalue weighted by Gasteiger charge is 2.33. The summed E-state index contributed by atoms with van der Waals surface area (Å²) in [5.41, 5.74) is 0.907. The van der Waals surface area contributed by atoms with Crippen molar-refractivity contribution in [2.45, 2.75) is 13.3 Å². The number of carbonyl (C=O) groups excluding carboxylic acids is 3. The van der Waals surface area contributed by atoms with Gasteiger partial charge in [-0.05, 0) is 36.8 Å². The second kappa shape index (κ2) is 8.39. The Morgan fingerprint density at radius 2 is 2.04 bits per heavy atom. The Balaban J connectivity index is 1.87. The van der Waals surface area contributed by atoms with Crippen LogP contribution >= 0.6 is 11.3 Å². The van der Waals surface area contributed by atoms with E-state index in [1.807, 2.05) is 12.1 Å². The van der Waals surface area contributed by atoms with E-state index < -0.39 is 11.9 Å². The Morgan fingerprint density at radius 1 is 1.32 bits per heavy atom. The molecule has 1 aliphatic rings. The summed E-state index contributed by atoms with van der Waals surface area (Å²) < 4.78 is 10.3. The molecule has 9 heteroatoms. The molecule has 2 amide bonds. The number of ether oxygens (including phenoxy) is 2. The molecule has 28 heavy (non-hydrogen) atoms. The first-order valence-electron chi connectivity index (χ1n) is 8.80. The molecule has 2 aromatic rings. The van der Waals surface area contributed by atoms with Crippen LogP contribution in [0.1, 0.15) is 23.8 Å². The number of rotatable bonds is 6. The highest BCUT2D eigenvalue weighted by atomic mass is 32.1. The van der Waals surface area contributed by atoms with E-state index >= 15 is 0 Å². The van der Waals surface area contributed by atoms with Gasteiger partial charge in [0.05, 0.1) is 24.5 Å². The monoisotopic (exact) mass is 403 g/mol. The lowest BCUT2D eigenvalue weighted by Crippen LogP contribution is -2.25. The Hall–Kier alpha value is -2.94. The summed E-state index contributed by atoms with van der Waals surface area (Å²) in [6.45, 7) is 2.30. The molecule has 1 saturated heterocycles. The van der Waals surface area contributed by atoms with E-state index in [1.54, 1.807) is 33.2 Å². The summed E-state index contributed by atoms with van der Waals surface area (Å²) in [5.74, 6) is -0.652. The SMILES string of the molecule is CCOC(=O)c1nc(NC(=O)[C@@H]2CC(=O)N(C)C2)sc1-c1ccc(OC)cc1. The van der Waals surface area contributed by atoms with Crippen molar-refractivity contribution in [3.63, 3.8) is 0 Å². The molecule has 1 N–H and O–H groups in total. The molecule has 2 heterocycles. The number of hydrogen-bond acceptors (Lipinski definition) is 7. The molecule has 0 bridgehead atoms. The van der Waals surface area contributed by atoms with Crippen molar-refractivity contribution < 1.29 is 23.9 Å². The van der Waals surface area contributed by atoms with E-state index in [2.05, 4.69) is 10.3 Å². The topological polar surface area (TPSA) is 97.8 Å². The number of nitrogens with zero attached hydrogens (tertiary/aromatic N) is 2. The van der Waals surface area contributed by atoms with Gasteiger partial charge in [-0.25, -0.2) is 9.78 Å². The molecule has 8 nitrogen and oxygen atoms in total. The molecule has 0 radical (unpaired) electrons. The smallest absolute Gasteiger partial charge is 0.358 e. The predicted octanol–water partition coefficient (Wildman–Crippen LogP) is 2.41. The van der Waals surface area contributed by atoms with Crippen LogP contribution in [0.4, 0.5) is 5.13 Å². The van der Waals surface area contributed by atoms with Gasteiger partial charge in [-0.2, -0.15) is 0 Å². The van der Waals surface area contributed by atoms with Gasteiger partial charge in [-0.1, -0.05) is 11.3 Å². The van der Waals surface area contributed by atoms with Crippen molar-refractivity contribution in [2.24, 2.45) is 5.92 Å². The van der Waals surface area contributed by atoms with Crippen molar-refractivity contribution in [3.8, 4) is 16.2 Å². The van der Waals surface area contributed by atoms with Crippen LogP contribution < -0.4 is 10.1 Å². The number of amides is 2. The lowest BCUT2D eigenvalue weighted by molar-refractivity contribution is -0.127. The zero-order valence-corrected chi connectivity index (χ0v) is 16.7. The maximum absolute atomic E-state index is 12.5. The second-order valence-electron chi connectivity index (χ2n) is 6.31. The molecule has 1 atom stereocenters. The number of likely N-dealkylation sites (tertiary alicyclic amines) is 1. The molecule has 1 aromatic heterocycles. The highest BCUT2D eigenvalue weighted by Crippen LogP contribution is 2.35. The molecular formula is C19H21N3O5S. The molecule has 148 valence electrons. The molecule has 1 fully saturated rings. The number of methoxy groups -OCH3 is 1. The number of nitrogens with one attached hydrogen (secondary N) is 1. The number of carbonyl (C=O) groups is 3. The van der Waals surface area contributed by atoms with Crippen LogP contribution in [0, 0.1) is 5.92 Å². The summed E-state index contributed by atoms with van der Waals surface area (Å²) in [6, 6.07) is 7.18. The Kier molecular flexibility index (Phi) is 5.93. The zero-order chi connectivity index (χ0) is 20.3. The van der Waals surface area contributed by atoms with E-state index in [0.717, 1.165) is 5.56 Å². The largest absolute Gasteiger partial charge is 0.497 e. The van der Waals surface area contributed by atoms with Gasteiger partial charge in [-0.15, -0.1) is 0 Å².